The van der Waals surface area contributed by atoms with E-state index in [0.717, 1.165) is 17.7 Å². The molecule has 0 spiro atoms. The van der Waals surface area contributed by atoms with Gasteiger partial charge in [0, 0.05) is 16.7 Å². The van der Waals surface area contributed by atoms with E-state index in [2.05, 4.69) is 4.98 Å². The molecular formula is C29H29F3N2O4S. The molecule has 4 rings (SSSR count). The molecule has 0 saturated heterocycles. The lowest BCUT2D eigenvalue weighted by atomic mass is 9.81. The Morgan fingerprint density at radius 1 is 0.923 bits per heavy atom. The molecule has 4 aromatic rings. The van der Waals surface area contributed by atoms with Gasteiger partial charge in [0.15, 0.2) is 11.5 Å². The van der Waals surface area contributed by atoms with Crippen LogP contribution in [0.1, 0.15) is 30.7 Å². The highest BCUT2D eigenvalue weighted by molar-refractivity contribution is 7.84. The predicted octanol–water partition coefficient (Wildman–Crippen LogP) is 5.96. The molecule has 0 fully saturated rings. The van der Waals surface area contributed by atoms with Gasteiger partial charge in [0.1, 0.15) is 17.5 Å². The van der Waals surface area contributed by atoms with Crippen LogP contribution in [0.2, 0.25) is 0 Å². The number of halogens is 3. The molecule has 0 amide bonds. The van der Waals surface area contributed by atoms with Crippen LogP contribution in [0, 0.1) is 17.5 Å². The number of benzene rings is 3. The van der Waals surface area contributed by atoms with Gasteiger partial charge in [-0.2, -0.15) is 0 Å². The van der Waals surface area contributed by atoms with Gasteiger partial charge < -0.3 is 14.2 Å². The highest BCUT2D eigenvalue weighted by atomic mass is 32.2. The van der Waals surface area contributed by atoms with E-state index in [9.17, 15) is 17.4 Å². The van der Waals surface area contributed by atoms with E-state index in [1.807, 2.05) is 32.0 Å². The molecule has 6 nitrogen and oxygen atoms in total. The second-order valence-electron chi connectivity index (χ2n) is 9.24. The molecule has 1 atom stereocenters. The SMILES string of the molecule is COc1ccc(C(C)(C)c2cnc(S(=O)CCOCc3c(F)cccc3F)n2-c2ccc(F)cc2)cc1OC. The van der Waals surface area contributed by atoms with Crippen molar-refractivity contribution in [1.82, 2.24) is 9.55 Å². The van der Waals surface area contributed by atoms with Gasteiger partial charge in [-0.15, -0.1) is 0 Å². The van der Waals surface area contributed by atoms with Crippen molar-refractivity contribution in [3.63, 3.8) is 0 Å². The zero-order valence-electron chi connectivity index (χ0n) is 22.0. The number of methoxy groups -OCH3 is 2. The van der Waals surface area contributed by atoms with Crippen molar-refractivity contribution in [2.75, 3.05) is 26.6 Å². The molecule has 39 heavy (non-hydrogen) atoms. The molecule has 206 valence electrons. The maximum absolute atomic E-state index is 13.9. The lowest BCUT2D eigenvalue weighted by Crippen LogP contribution is -2.24. The summed E-state index contributed by atoms with van der Waals surface area (Å²) in [6, 6.07) is 15.0. The lowest BCUT2D eigenvalue weighted by molar-refractivity contribution is 0.130. The Balaban J connectivity index is 1.64. The molecule has 0 aliphatic rings. The number of aromatic nitrogens is 2. The van der Waals surface area contributed by atoms with E-state index in [1.165, 1.54) is 18.2 Å². The van der Waals surface area contributed by atoms with Crippen LogP contribution in [-0.4, -0.2) is 40.3 Å². The van der Waals surface area contributed by atoms with Crippen molar-refractivity contribution in [2.24, 2.45) is 0 Å². The molecule has 1 unspecified atom stereocenters. The van der Waals surface area contributed by atoms with Gasteiger partial charge in [0.25, 0.3) is 0 Å². The van der Waals surface area contributed by atoms with E-state index in [1.54, 1.807) is 37.1 Å². The summed E-state index contributed by atoms with van der Waals surface area (Å²) < 4.78 is 73.0. The van der Waals surface area contributed by atoms with E-state index < -0.39 is 33.7 Å². The summed E-state index contributed by atoms with van der Waals surface area (Å²) in [4.78, 5) is 4.49. The first-order chi connectivity index (χ1) is 18.7. The Bertz CT molecular complexity index is 1450. The minimum atomic E-state index is -1.65. The van der Waals surface area contributed by atoms with Gasteiger partial charge in [0.05, 0.1) is 55.9 Å². The average molecular weight is 559 g/mol. The first kappa shape index (κ1) is 28.4. The summed E-state index contributed by atoms with van der Waals surface area (Å²) in [5.74, 6) is -0.639. The summed E-state index contributed by atoms with van der Waals surface area (Å²) in [6.07, 6.45) is 1.64. The topological polar surface area (TPSA) is 62.6 Å². The third-order valence-electron chi connectivity index (χ3n) is 6.48. The van der Waals surface area contributed by atoms with Crippen LogP contribution < -0.4 is 9.47 Å². The highest BCUT2D eigenvalue weighted by Crippen LogP contribution is 2.38. The summed E-state index contributed by atoms with van der Waals surface area (Å²) in [5, 5.41) is 0.242. The van der Waals surface area contributed by atoms with Crippen LogP contribution in [0.15, 0.2) is 72.0 Å². The van der Waals surface area contributed by atoms with Gasteiger partial charge >= 0.3 is 0 Å². The van der Waals surface area contributed by atoms with Crippen molar-refractivity contribution < 1.29 is 31.6 Å². The molecule has 0 N–H and O–H groups in total. The monoisotopic (exact) mass is 558 g/mol. The molecule has 1 heterocycles. The molecule has 0 bridgehead atoms. The highest BCUT2D eigenvalue weighted by Gasteiger charge is 2.31. The second-order valence-corrected chi connectivity index (χ2v) is 10.7. The maximum atomic E-state index is 13.9. The van der Waals surface area contributed by atoms with E-state index in [-0.39, 0.29) is 29.7 Å². The van der Waals surface area contributed by atoms with Gasteiger partial charge in [-0.05, 0) is 54.1 Å². The van der Waals surface area contributed by atoms with Crippen molar-refractivity contribution in [2.45, 2.75) is 31.0 Å². The second kappa shape index (κ2) is 12.0. The van der Waals surface area contributed by atoms with Gasteiger partial charge in [0.2, 0.25) is 5.16 Å². The fourth-order valence-electron chi connectivity index (χ4n) is 4.22. The number of ether oxygens (including phenoxy) is 3. The zero-order chi connectivity index (χ0) is 28.2. The Hall–Kier alpha value is -3.63. The van der Waals surface area contributed by atoms with Crippen molar-refractivity contribution in [1.29, 1.82) is 0 Å². The lowest BCUT2D eigenvalue weighted by Gasteiger charge is -2.28. The van der Waals surface area contributed by atoms with Crippen LogP contribution in [0.5, 0.6) is 11.5 Å². The quantitative estimate of drug-likeness (QED) is 0.213. The van der Waals surface area contributed by atoms with Gasteiger partial charge in [-0.25, -0.2) is 18.2 Å². The first-order valence-corrected chi connectivity index (χ1v) is 13.4. The predicted molar refractivity (Wildman–Crippen MR) is 142 cm³/mol. The molecule has 10 heteroatoms. The number of rotatable bonds is 11. The van der Waals surface area contributed by atoms with E-state index in [4.69, 9.17) is 14.2 Å². The maximum Gasteiger partial charge on any atom is 0.203 e. The average Bonchev–Trinajstić information content (AvgIpc) is 3.38. The smallest absolute Gasteiger partial charge is 0.203 e. The third kappa shape index (κ3) is 6.02. The van der Waals surface area contributed by atoms with Crippen LogP contribution in [0.4, 0.5) is 13.2 Å². The molecule has 0 aliphatic carbocycles. The molecular weight excluding hydrogens is 529 g/mol. The summed E-state index contributed by atoms with van der Waals surface area (Å²) in [5.41, 5.74) is 1.34. The van der Waals surface area contributed by atoms with Crippen LogP contribution in [-0.2, 0) is 27.6 Å². The Kier molecular flexibility index (Phi) is 8.76. The molecule has 1 aromatic heterocycles. The molecule has 0 saturated carbocycles. The summed E-state index contributed by atoms with van der Waals surface area (Å²) in [7, 11) is 1.47. The van der Waals surface area contributed by atoms with Crippen molar-refractivity contribution in [3.05, 3.63) is 101 Å². The summed E-state index contributed by atoms with van der Waals surface area (Å²) in [6.45, 7) is 3.67. The minimum Gasteiger partial charge on any atom is -0.493 e. The van der Waals surface area contributed by atoms with Crippen LogP contribution >= 0.6 is 0 Å². The fourth-order valence-corrected chi connectivity index (χ4v) is 5.25. The fraction of sp³-hybridized carbons (Fsp3) is 0.276. The number of nitrogens with zero attached hydrogens (tertiary/aromatic N) is 2. The van der Waals surface area contributed by atoms with Crippen LogP contribution in [0.25, 0.3) is 5.69 Å². The minimum absolute atomic E-state index is 0.0227. The molecule has 0 radical (unpaired) electrons. The zero-order valence-corrected chi connectivity index (χ0v) is 22.9. The van der Waals surface area contributed by atoms with E-state index >= 15 is 0 Å². The largest absolute Gasteiger partial charge is 0.493 e. The first-order valence-electron chi connectivity index (χ1n) is 12.1. The standard InChI is InChI=1S/C29H29F3N2O4S/c1-29(2,19-8-13-25(36-3)26(16-19)37-4)27-17-33-28(34(27)21-11-9-20(30)10-12-21)39(35)15-14-38-18-22-23(31)6-5-7-24(22)32/h5-13,16-17H,14-15,18H2,1-4H3. The summed E-state index contributed by atoms with van der Waals surface area (Å²) >= 11 is 0. The van der Waals surface area contributed by atoms with E-state index in [0.29, 0.717) is 22.9 Å². The van der Waals surface area contributed by atoms with Gasteiger partial charge in [-0.3, -0.25) is 8.78 Å². The molecule has 3 aromatic carbocycles. The Labute approximate surface area is 227 Å². The molecule has 0 aliphatic heterocycles. The normalized spacial score (nSPS) is 12.4. The number of hydrogen-bond acceptors (Lipinski definition) is 5. The van der Waals surface area contributed by atoms with Crippen molar-refractivity contribution in [3.8, 4) is 17.2 Å². The van der Waals surface area contributed by atoms with Crippen molar-refractivity contribution >= 4 is 10.8 Å². The number of imidazole rings is 1. The third-order valence-corrected chi connectivity index (χ3v) is 7.72. The number of hydrogen-bond donors (Lipinski definition) is 0. The van der Waals surface area contributed by atoms with Gasteiger partial charge in [-0.1, -0.05) is 26.0 Å². The van der Waals surface area contributed by atoms with Crippen LogP contribution in [0.3, 0.4) is 0 Å². The Morgan fingerprint density at radius 2 is 1.59 bits per heavy atom. The Morgan fingerprint density at radius 3 is 2.23 bits per heavy atom.